The minimum Gasteiger partial charge on any atom is -0.465 e. The van der Waals surface area contributed by atoms with Gasteiger partial charge in [0.2, 0.25) is 0 Å². The number of carbonyl (C=O) groups excluding carboxylic acids is 1. The number of unbranched alkanes of at least 4 members (excludes halogenated alkanes) is 40. The summed E-state index contributed by atoms with van der Waals surface area (Å²) >= 11 is 0. The SMILES string of the molecule is CCCCCCCCCCCCCCCCCCCCCC(=O)OCC(CCCCCCCCCCCC)CCCCCCCCCCCCCCCC. The Balaban J connectivity index is 3.93. The molecule has 1 atom stereocenters. The predicted molar refractivity (Wildman–Crippen MR) is 244 cm³/mol. The van der Waals surface area contributed by atoms with Gasteiger partial charge in [0.25, 0.3) is 0 Å². The molecule has 0 spiro atoms. The maximum absolute atomic E-state index is 12.7. The van der Waals surface area contributed by atoms with E-state index in [9.17, 15) is 4.79 Å². The van der Waals surface area contributed by atoms with Crippen molar-refractivity contribution in [3.8, 4) is 0 Å². The van der Waals surface area contributed by atoms with Crippen LogP contribution in [0.3, 0.4) is 0 Å². The zero-order valence-corrected chi connectivity index (χ0v) is 38.1. The highest BCUT2D eigenvalue weighted by Crippen LogP contribution is 2.22. The van der Waals surface area contributed by atoms with Gasteiger partial charge in [-0.15, -0.1) is 0 Å². The lowest BCUT2D eigenvalue weighted by Gasteiger charge is -2.17. The summed E-state index contributed by atoms with van der Waals surface area (Å²) in [6, 6.07) is 0. The van der Waals surface area contributed by atoms with Crippen molar-refractivity contribution in [1.29, 1.82) is 0 Å². The van der Waals surface area contributed by atoms with Crippen LogP contribution in [0, 0.1) is 5.92 Å². The molecule has 0 aromatic carbocycles. The summed E-state index contributed by atoms with van der Waals surface area (Å²) in [5, 5.41) is 0. The molecule has 0 heterocycles. The van der Waals surface area contributed by atoms with Gasteiger partial charge in [-0.1, -0.05) is 290 Å². The van der Waals surface area contributed by atoms with Gasteiger partial charge in [-0.05, 0) is 25.2 Å². The highest BCUT2D eigenvalue weighted by atomic mass is 16.5. The monoisotopic (exact) mass is 761 g/mol. The molecule has 0 saturated heterocycles. The lowest BCUT2D eigenvalue weighted by Crippen LogP contribution is -2.14. The van der Waals surface area contributed by atoms with Crippen LogP contribution in [0.25, 0.3) is 0 Å². The van der Waals surface area contributed by atoms with Crippen molar-refractivity contribution in [3.05, 3.63) is 0 Å². The Morgan fingerprint density at radius 1 is 0.296 bits per heavy atom. The fourth-order valence-corrected chi connectivity index (χ4v) is 8.49. The summed E-state index contributed by atoms with van der Waals surface area (Å²) in [7, 11) is 0. The van der Waals surface area contributed by atoms with Crippen LogP contribution in [-0.2, 0) is 9.53 Å². The molecule has 0 amide bonds. The molecule has 0 radical (unpaired) electrons. The Morgan fingerprint density at radius 3 is 0.741 bits per heavy atom. The van der Waals surface area contributed by atoms with Gasteiger partial charge in [-0.25, -0.2) is 0 Å². The molecule has 0 aliphatic heterocycles. The van der Waals surface area contributed by atoms with E-state index in [-0.39, 0.29) is 5.97 Å². The van der Waals surface area contributed by atoms with Crippen molar-refractivity contribution < 1.29 is 9.53 Å². The molecule has 0 aromatic rings. The van der Waals surface area contributed by atoms with E-state index in [0.29, 0.717) is 18.9 Å². The summed E-state index contributed by atoms with van der Waals surface area (Å²) in [6.45, 7) is 7.58. The van der Waals surface area contributed by atoms with Gasteiger partial charge in [0.1, 0.15) is 0 Å². The predicted octanol–water partition coefficient (Wildman–Crippen LogP) is 19.2. The van der Waals surface area contributed by atoms with Crippen molar-refractivity contribution in [2.75, 3.05) is 6.61 Å². The zero-order chi connectivity index (χ0) is 39.1. The third-order valence-electron chi connectivity index (χ3n) is 12.4. The first-order valence-corrected chi connectivity index (χ1v) is 25.9. The third-order valence-corrected chi connectivity index (χ3v) is 12.4. The zero-order valence-electron chi connectivity index (χ0n) is 38.1. The molecule has 324 valence electrons. The number of ether oxygens (including phenoxy) is 1. The van der Waals surface area contributed by atoms with Crippen LogP contribution in [0.1, 0.15) is 316 Å². The van der Waals surface area contributed by atoms with Crippen LogP contribution in [0.4, 0.5) is 0 Å². The molecule has 0 saturated carbocycles. The first-order chi connectivity index (χ1) is 26.7. The second-order valence-corrected chi connectivity index (χ2v) is 18.0. The van der Waals surface area contributed by atoms with Crippen LogP contribution >= 0.6 is 0 Å². The van der Waals surface area contributed by atoms with E-state index < -0.39 is 0 Å². The molecule has 0 N–H and O–H groups in total. The molecule has 0 fully saturated rings. The Hall–Kier alpha value is -0.530. The van der Waals surface area contributed by atoms with E-state index in [1.54, 1.807) is 0 Å². The van der Waals surface area contributed by atoms with Gasteiger partial charge in [-0.2, -0.15) is 0 Å². The van der Waals surface area contributed by atoms with E-state index >= 15 is 0 Å². The van der Waals surface area contributed by atoms with Crippen molar-refractivity contribution >= 4 is 5.97 Å². The molecule has 2 nitrogen and oxygen atoms in total. The Bertz CT molecular complexity index is 673. The lowest BCUT2D eigenvalue weighted by molar-refractivity contribution is -0.145. The molecule has 0 aliphatic rings. The van der Waals surface area contributed by atoms with Crippen LogP contribution in [0.5, 0.6) is 0 Å². The average Bonchev–Trinajstić information content (AvgIpc) is 3.18. The number of hydrogen-bond acceptors (Lipinski definition) is 2. The van der Waals surface area contributed by atoms with Crippen LogP contribution in [-0.4, -0.2) is 12.6 Å². The Labute approximate surface area is 343 Å². The van der Waals surface area contributed by atoms with Crippen molar-refractivity contribution in [1.82, 2.24) is 0 Å². The fourth-order valence-electron chi connectivity index (χ4n) is 8.49. The molecular formula is C52H104O2. The molecule has 0 rings (SSSR count). The van der Waals surface area contributed by atoms with Gasteiger partial charge in [-0.3, -0.25) is 4.79 Å². The van der Waals surface area contributed by atoms with Crippen molar-refractivity contribution in [2.45, 2.75) is 316 Å². The molecule has 1 unspecified atom stereocenters. The Kier molecular flexibility index (Phi) is 48.1. The Morgan fingerprint density at radius 2 is 0.500 bits per heavy atom. The van der Waals surface area contributed by atoms with Gasteiger partial charge >= 0.3 is 5.97 Å². The molecule has 0 bridgehead atoms. The highest BCUT2D eigenvalue weighted by Gasteiger charge is 2.12. The van der Waals surface area contributed by atoms with E-state index in [1.165, 1.54) is 283 Å². The average molecular weight is 761 g/mol. The summed E-state index contributed by atoms with van der Waals surface area (Å²) in [5.41, 5.74) is 0. The number of esters is 1. The summed E-state index contributed by atoms with van der Waals surface area (Å²) in [4.78, 5) is 12.7. The maximum atomic E-state index is 12.7. The topological polar surface area (TPSA) is 26.3 Å². The lowest BCUT2D eigenvalue weighted by atomic mass is 9.94. The second-order valence-electron chi connectivity index (χ2n) is 18.0. The minimum atomic E-state index is 0.0657. The smallest absolute Gasteiger partial charge is 0.305 e. The van der Waals surface area contributed by atoms with E-state index in [0.717, 1.165) is 6.42 Å². The number of hydrogen-bond donors (Lipinski definition) is 0. The molecular weight excluding hydrogens is 657 g/mol. The largest absolute Gasteiger partial charge is 0.465 e. The minimum absolute atomic E-state index is 0.0657. The van der Waals surface area contributed by atoms with Gasteiger partial charge in [0.05, 0.1) is 6.61 Å². The molecule has 0 aromatic heterocycles. The summed E-state index contributed by atoms with van der Waals surface area (Å²) in [6.07, 6.45) is 63.2. The molecule has 2 heteroatoms. The van der Waals surface area contributed by atoms with Crippen molar-refractivity contribution in [2.24, 2.45) is 5.92 Å². The van der Waals surface area contributed by atoms with E-state index in [4.69, 9.17) is 4.74 Å². The second kappa shape index (κ2) is 48.6. The standard InChI is InChI=1S/C52H104O2/c1-4-7-10-13-16-19-22-24-26-27-28-29-30-32-34-37-40-43-46-49-52(53)54-50-51(47-44-41-38-35-21-18-15-12-9-6-3)48-45-42-39-36-33-31-25-23-20-17-14-11-8-5-2/h51H,4-50H2,1-3H3. The number of rotatable bonds is 48. The van der Waals surface area contributed by atoms with Crippen LogP contribution in [0.15, 0.2) is 0 Å². The van der Waals surface area contributed by atoms with Gasteiger partial charge in [0.15, 0.2) is 0 Å². The van der Waals surface area contributed by atoms with Gasteiger partial charge in [0, 0.05) is 6.42 Å². The first kappa shape index (κ1) is 53.5. The summed E-state index contributed by atoms with van der Waals surface area (Å²) in [5.74, 6) is 0.640. The number of carbonyl (C=O) groups is 1. The third kappa shape index (κ3) is 45.9. The highest BCUT2D eigenvalue weighted by molar-refractivity contribution is 5.69. The van der Waals surface area contributed by atoms with Crippen LogP contribution in [0.2, 0.25) is 0 Å². The maximum Gasteiger partial charge on any atom is 0.305 e. The molecule has 54 heavy (non-hydrogen) atoms. The normalized spacial score (nSPS) is 12.1. The van der Waals surface area contributed by atoms with Crippen LogP contribution < -0.4 is 0 Å². The molecule has 0 aliphatic carbocycles. The van der Waals surface area contributed by atoms with E-state index in [2.05, 4.69) is 20.8 Å². The summed E-state index contributed by atoms with van der Waals surface area (Å²) < 4.78 is 5.91. The van der Waals surface area contributed by atoms with E-state index in [1.807, 2.05) is 0 Å². The quantitative estimate of drug-likeness (QED) is 0.0456. The van der Waals surface area contributed by atoms with Gasteiger partial charge < -0.3 is 4.74 Å². The fraction of sp³-hybridized carbons (Fsp3) is 0.981. The van der Waals surface area contributed by atoms with Crippen molar-refractivity contribution in [3.63, 3.8) is 0 Å². The first-order valence-electron chi connectivity index (χ1n) is 25.9.